The molecule has 0 radical (unpaired) electrons. The number of phenolic OH excluding ortho intramolecular Hbond substituents is 1. The number of carbonyl (C=O) groups is 1. The number of nitrogens with two attached hydrogens (primary N) is 1. The zero-order valence-corrected chi connectivity index (χ0v) is 10.5. The standard InChI is InChI=1S/C13H14N2O2S/c14-13(17)10-5-11(18-8-10)7-15-6-9-3-1-2-4-12(9)16/h1-5,8,15-16H,6-7H2,(H2,14,17). The highest BCUT2D eigenvalue weighted by atomic mass is 32.1. The third kappa shape index (κ3) is 3.09. The molecular weight excluding hydrogens is 248 g/mol. The highest BCUT2D eigenvalue weighted by Gasteiger charge is 2.05. The summed E-state index contributed by atoms with van der Waals surface area (Å²) in [6, 6.07) is 8.98. The van der Waals surface area contributed by atoms with E-state index in [0.29, 0.717) is 18.7 Å². The highest BCUT2D eigenvalue weighted by molar-refractivity contribution is 7.10. The lowest BCUT2D eigenvalue weighted by Gasteiger charge is -2.05. The van der Waals surface area contributed by atoms with E-state index in [9.17, 15) is 9.90 Å². The summed E-state index contributed by atoms with van der Waals surface area (Å²) in [7, 11) is 0. The van der Waals surface area contributed by atoms with E-state index in [1.54, 1.807) is 23.6 Å². The van der Waals surface area contributed by atoms with Gasteiger partial charge in [-0.25, -0.2) is 0 Å². The van der Waals surface area contributed by atoms with E-state index in [0.717, 1.165) is 10.4 Å². The van der Waals surface area contributed by atoms with Gasteiger partial charge in [0.2, 0.25) is 5.91 Å². The van der Waals surface area contributed by atoms with Crippen LogP contribution in [0.3, 0.4) is 0 Å². The Kier molecular flexibility index (Phi) is 3.96. The van der Waals surface area contributed by atoms with Crippen LogP contribution in [0.15, 0.2) is 35.7 Å². The lowest BCUT2D eigenvalue weighted by atomic mass is 10.2. The van der Waals surface area contributed by atoms with Crippen molar-refractivity contribution in [2.45, 2.75) is 13.1 Å². The highest BCUT2D eigenvalue weighted by Crippen LogP contribution is 2.17. The van der Waals surface area contributed by atoms with Gasteiger partial charge in [0, 0.05) is 28.9 Å². The molecule has 0 aliphatic carbocycles. The van der Waals surface area contributed by atoms with Gasteiger partial charge in [-0.3, -0.25) is 4.79 Å². The van der Waals surface area contributed by atoms with Crippen LogP contribution in [-0.2, 0) is 13.1 Å². The van der Waals surface area contributed by atoms with Gasteiger partial charge in [-0.2, -0.15) is 0 Å². The lowest BCUT2D eigenvalue weighted by molar-refractivity contribution is 0.100. The monoisotopic (exact) mass is 262 g/mol. The van der Waals surface area contributed by atoms with Crippen LogP contribution in [0, 0.1) is 0 Å². The van der Waals surface area contributed by atoms with Crippen LogP contribution in [0.4, 0.5) is 0 Å². The molecule has 0 saturated heterocycles. The first-order valence-corrected chi connectivity index (χ1v) is 6.39. The molecule has 5 heteroatoms. The third-order valence-corrected chi connectivity index (χ3v) is 3.48. The number of primary amides is 1. The third-order valence-electron chi connectivity index (χ3n) is 2.54. The second kappa shape index (κ2) is 5.66. The molecule has 1 aromatic heterocycles. The maximum Gasteiger partial charge on any atom is 0.249 e. The Bertz CT molecular complexity index is 551. The van der Waals surface area contributed by atoms with Crippen LogP contribution < -0.4 is 11.1 Å². The normalized spacial score (nSPS) is 10.4. The summed E-state index contributed by atoms with van der Waals surface area (Å²) in [5.74, 6) is -0.118. The summed E-state index contributed by atoms with van der Waals surface area (Å²) in [6.45, 7) is 1.22. The van der Waals surface area contributed by atoms with Gasteiger partial charge >= 0.3 is 0 Å². The summed E-state index contributed by atoms with van der Waals surface area (Å²) >= 11 is 1.49. The summed E-state index contributed by atoms with van der Waals surface area (Å²) in [5, 5.41) is 14.5. The zero-order valence-electron chi connectivity index (χ0n) is 9.72. The van der Waals surface area contributed by atoms with Crippen molar-refractivity contribution in [3.8, 4) is 5.75 Å². The van der Waals surface area contributed by atoms with Crippen molar-refractivity contribution in [3.05, 3.63) is 51.7 Å². The van der Waals surface area contributed by atoms with Crippen LogP contribution in [0.2, 0.25) is 0 Å². The fraction of sp³-hybridized carbons (Fsp3) is 0.154. The van der Waals surface area contributed by atoms with Crippen molar-refractivity contribution < 1.29 is 9.90 Å². The Morgan fingerprint density at radius 3 is 2.78 bits per heavy atom. The smallest absolute Gasteiger partial charge is 0.249 e. The lowest BCUT2D eigenvalue weighted by Crippen LogP contribution is -2.12. The van der Waals surface area contributed by atoms with Crippen LogP contribution in [0.1, 0.15) is 20.8 Å². The Hall–Kier alpha value is -1.85. The molecule has 18 heavy (non-hydrogen) atoms. The largest absolute Gasteiger partial charge is 0.508 e. The van der Waals surface area contributed by atoms with Crippen LogP contribution in [-0.4, -0.2) is 11.0 Å². The van der Waals surface area contributed by atoms with Gasteiger partial charge in [-0.1, -0.05) is 18.2 Å². The average Bonchev–Trinajstić information content (AvgIpc) is 2.80. The van der Waals surface area contributed by atoms with Gasteiger partial charge in [-0.15, -0.1) is 11.3 Å². The van der Waals surface area contributed by atoms with Gasteiger partial charge in [0.15, 0.2) is 0 Å². The number of amides is 1. The number of aromatic hydroxyl groups is 1. The van der Waals surface area contributed by atoms with Crippen molar-refractivity contribution in [2.24, 2.45) is 5.73 Å². The number of hydrogen-bond acceptors (Lipinski definition) is 4. The van der Waals surface area contributed by atoms with E-state index in [1.807, 2.05) is 12.1 Å². The number of rotatable bonds is 5. The second-order valence-corrected chi connectivity index (χ2v) is 4.89. The molecule has 0 aliphatic heterocycles. The summed E-state index contributed by atoms with van der Waals surface area (Å²) in [4.78, 5) is 12.0. The number of phenols is 1. The number of para-hydroxylation sites is 1. The summed E-state index contributed by atoms with van der Waals surface area (Å²) < 4.78 is 0. The minimum Gasteiger partial charge on any atom is -0.508 e. The van der Waals surface area contributed by atoms with Crippen molar-refractivity contribution in [1.29, 1.82) is 0 Å². The fourth-order valence-electron chi connectivity index (χ4n) is 1.58. The molecule has 4 N–H and O–H groups in total. The molecule has 2 rings (SSSR count). The molecule has 1 heterocycles. The molecule has 1 amide bonds. The van der Waals surface area contributed by atoms with E-state index in [4.69, 9.17) is 5.73 Å². The SMILES string of the molecule is NC(=O)c1csc(CNCc2ccccc2O)c1. The minimum atomic E-state index is -0.404. The van der Waals surface area contributed by atoms with Crippen LogP contribution >= 0.6 is 11.3 Å². The first kappa shape index (κ1) is 12.6. The quantitative estimate of drug-likeness (QED) is 0.769. The van der Waals surface area contributed by atoms with Crippen LogP contribution in [0.25, 0.3) is 0 Å². The molecule has 1 aromatic carbocycles. The Balaban J connectivity index is 1.88. The maximum atomic E-state index is 10.9. The molecule has 2 aromatic rings. The topological polar surface area (TPSA) is 75.4 Å². The molecule has 4 nitrogen and oxygen atoms in total. The first-order valence-electron chi connectivity index (χ1n) is 5.51. The van der Waals surface area contributed by atoms with Gasteiger partial charge < -0.3 is 16.2 Å². The molecule has 0 unspecified atom stereocenters. The van der Waals surface area contributed by atoms with E-state index in [-0.39, 0.29) is 5.75 Å². The average molecular weight is 262 g/mol. The first-order chi connectivity index (χ1) is 8.66. The van der Waals surface area contributed by atoms with Gasteiger partial charge in [0.1, 0.15) is 5.75 Å². The van der Waals surface area contributed by atoms with E-state index in [2.05, 4.69) is 5.32 Å². The number of nitrogens with one attached hydrogen (secondary N) is 1. The molecule has 94 valence electrons. The van der Waals surface area contributed by atoms with Crippen LogP contribution in [0.5, 0.6) is 5.75 Å². The van der Waals surface area contributed by atoms with Gasteiger partial charge in [-0.05, 0) is 12.1 Å². The molecule has 0 bridgehead atoms. The molecular formula is C13H14N2O2S. The molecule has 0 saturated carbocycles. The predicted molar refractivity (Wildman–Crippen MR) is 71.5 cm³/mol. The molecule has 0 fully saturated rings. The van der Waals surface area contributed by atoms with E-state index >= 15 is 0 Å². The summed E-state index contributed by atoms with van der Waals surface area (Å²) in [5.41, 5.74) is 6.57. The number of hydrogen-bond donors (Lipinski definition) is 3. The Morgan fingerprint density at radius 1 is 1.33 bits per heavy atom. The number of carbonyl (C=O) groups excluding carboxylic acids is 1. The molecule has 0 aliphatic rings. The molecule has 0 atom stereocenters. The van der Waals surface area contributed by atoms with Crippen molar-refractivity contribution in [1.82, 2.24) is 5.32 Å². The Labute approximate surface area is 109 Å². The van der Waals surface area contributed by atoms with Gasteiger partial charge in [0.25, 0.3) is 0 Å². The predicted octanol–water partition coefficient (Wildman–Crippen LogP) is 1.84. The maximum absolute atomic E-state index is 10.9. The number of thiophene rings is 1. The van der Waals surface area contributed by atoms with Gasteiger partial charge in [0.05, 0.1) is 5.56 Å². The van der Waals surface area contributed by atoms with Crippen molar-refractivity contribution >= 4 is 17.2 Å². The summed E-state index contributed by atoms with van der Waals surface area (Å²) in [6.07, 6.45) is 0. The molecule has 0 spiro atoms. The second-order valence-electron chi connectivity index (χ2n) is 3.90. The van der Waals surface area contributed by atoms with Crippen molar-refractivity contribution in [3.63, 3.8) is 0 Å². The minimum absolute atomic E-state index is 0.286. The fourth-order valence-corrected chi connectivity index (χ4v) is 2.43. The van der Waals surface area contributed by atoms with E-state index < -0.39 is 5.91 Å². The Morgan fingerprint density at radius 2 is 2.11 bits per heavy atom. The number of benzene rings is 1. The zero-order chi connectivity index (χ0) is 13.0. The van der Waals surface area contributed by atoms with E-state index in [1.165, 1.54) is 11.3 Å². The van der Waals surface area contributed by atoms with Crippen molar-refractivity contribution in [2.75, 3.05) is 0 Å².